The first-order valence-corrected chi connectivity index (χ1v) is 16.5. The van der Waals surface area contributed by atoms with Crippen molar-refractivity contribution in [1.82, 2.24) is 15.0 Å². The maximum absolute atomic E-state index is 5.32. The van der Waals surface area contributed by atoms with Gasteiger partial charge in [0.25, 0.3) is 0 Å². The highest BCUT2D eigenvalue weighted by molar-refractivity contribution is 7.26. The van der Waals surface area contributed by atoms with Gasteiger partial charge in [0.15, 0.2) is 5.82 Å². The molecule has 3 heterocycles. The minimum absolute atomic E-state index is 0.694. The Morgan fingerprint density at radius 3 is 1.74 bits per heavy atom. The molecule has 47 heavy (non-hydrogen) atoms. The second kappa shape index (κ2) is 11.4. The van der Waals surface area contributed by atoms with E-state index in [1.807, 2.05) is 29.5 Å². The summed E-state index contributed by atoms with van der Waals surface area (Å²) in [6.45, 7) is 0. The standard InChI is InChI=1S/C43H27N3S/c1-4-13-28(14-5-1)33-26-36(29-15-6-2-7-16-29)44-37(27-33)31-19-12-20-32(25-31)43-45-35-23-24-39-40(34-21-10-11-22-38(34)47-39)41(35)42(46-43)30-17-8-3-9-18-30/h1-27H. The first kappa shape index (κ1) is 27.3. The van der Waals surface area contributed by atoms with E-state index in [2.05, 4.69) is 146 Å². The van der Waals surface area contributed by atoms with E-state index in [1.165, 1.54) is 20.2 Å². The van der Waals surface area contributed by atoms with E-state index in [-0.39, 0.29) is 0 Å². The zero-order valence-corrected chi connectivity index (χ0v) is 26.2. The van der Waals surface area contributed by atoms with E-state index in [4.69, 9.17) is 15.0 Å². The van der Waals surface area contributed by atoms with Gasteiger partial charge in [0.1, 0.15) is 0 Å². The molecule has 0 amide bonds. The third-order valence-corrected chi connectivity index (χ3v) is 9.80. The van der Waals surface area contributed by atoms with Gasteiger partial charge in [0.2, 0.25) is 0 Å². The molecule has 3 aromatic heterocycles. The molecule has 220 valence electrons. The van der Waals surface area contributed by atoms with Gasteiger partial charge in [-0.05, 0) is 47.5 Å². The predicted octanol–water partition coefficient (Wildman–Crippen LogP) is 11.7. The quantitative estimate of drug-likeness (QED) is 0.193. The maximum Gasteiger partial charge on any atom is 0.160 e. The lowest BCUT2D eigenvalue weighted by molar-refractivity contribution is 1.23. The summed E-state index contributed by atoms with van der Waals surface area (Å²) in [6.07, 6.45) is 0. The normalized spacial score (nSPS) is 11.4. The Balaban J connectivity index is 1.24. The van der Waals surface area contributed by atoms with Gasteiger partial charge in [-0.1, -0.05) is 127 Å². The van der Waals surface area contributed by atoms with Gasteiger partial charge in [0.05, 0.1) is 22.6 Å². The van der Waals surface area contributed by atoms with Crippen LogP contribution in [0.4, 0.5) is 0 Å². The summed E-state index contributed by atoms with van der Waals surface area (Å²) >= 11 is 1.82. The Kier molecular flexibility index (Phi) is 6.65. The summed E-state index contributed by atoms with van der Waals surface area (Å²) in [7, 11) is 0. The van der Waals surface area contributed by atoms with Crippen molar-refractivity contribution < 1.29 is 0 Å². The molecule has 4 heteroatoms. The molecule has 0 radical (unpaired) electrons. The van der Waals surface area contributed by atoms with Crippen LogP contribution in [0, 0.1) is 0 Å². The van der Waals surface area contributed by atoms with Crippen molar-refractivity contribution in [3.05, 3.63) is 164 Å². The lowest BCUT2D eigenvalue weighted by atomic mass is 9.99. The van der Waals surface area contributed by atoms with Gasteiger partial charge in [-0.2, -0.15) is 0 Å². The SMILES string of the molecule is c1ccc(-c2cc(-c3ccccc3)nc(-c3cccc(-c4nc(-c5ccccc5)c5c(ccc6sc7ccccc7c65)n4)c3)c2)cc1. The summed E-state index contributed by atoms with van der Waals surface area (Å²) in [4.78, 5) is 15.7. The van der Waals surface area contributed by atoms with Crippen LogP contribution in [0.5, 0.6) is 0 Å². The van der Waals surface area contributed by atoms with Gasteiger partial charge >= 0.3 is 0 Å². The van der Waals surface area contributed by atoms with Crippen molar-refractivity contribution in [2.24, 2.45) is 0 Å². The smallest absolute Gasteiger partial charge is 0.160 e. The molecule has 0 saturated carbocycles. The van der Waals surface area contributed by atoms with Crippen LogP contribution >= 0.6 is 11.3 Å². The Hall–Kier alpha value is -5.97. The van der Waals surface area contributed by atoms with E-state index >= 15 is 0 Å². The fourth-order valence-electron chi connectivity index (χ4n) is 6.42. The molecule has 0 spiro atoms. The molecule has 0 fully saturated rings. The highest BCUT2D eigenvalue weighted by Gasteiger charge is 2.18. The van der Waals surface area contributed by atoms with Gasteiger partial charge in [-0.25, -0.2) is 15.0 Å². The number of benzene rings is 6. The molecular weight excluding hydrogens is 591 g/mol. The lowest BCUT2D eigenvalue weighted by Gasteiger charge is -2.13. The van der Waals surface area contributed by atoms with Crippen molar-refractivity contribution in [2.75, 3.05) is 0 Å². The summed E-state index contributed by atoms with van der Waals surface area (Å²) in [5.74, 6) is 0.694. The molecule has 0 aliphatic heterocycles. The maximum atomic E-state index is 5.32. The number of fused-ring (bicyclic) bond motifs is 5. The number of aromatic nitrogens is 3. The molecule has 0 atom stereocenters. The topological polar surface area (TPSA) is 38.7 Å². The molecular formula is C43H27N3S. The molecule has 0 aliphatic rings. The first-order chi connectivity index (χ1) is 23.3. The second-order valence-corrected chi connectivity index (χ2v) is 12.7. The monoisotopic (exact) mass is 617 g/mol. The van der Waals surface area contributed by atoms with Crippen molar-refractivity contribution >= 4 is 42.4 Å². The van der Waals surface area contributed by atoms with Crippen LogP contribution in [0.2, 0.25) is 0 Å². The number of hydrogen-bond donors (Lipinski definition) is 0. The molecule has 0 unspecified atom stereocenters. The van der Waals surface area contributed by atoms with Crippen molar-refractivity contribution in [3.63, 3.8) is 0 Å². The van der Waals surface area contributed by atoms with Crippen LogP contribution in [0.1, 0.15) is 0 Å². The van der Waals surface area contributed by atoms with Crippen molar-refractivity contribution in [1.29, 1.82) is 0 Å². The van der Waals surface area contributed by atoms with Crippen LogP contribution in [-0.4, -0.2) is 15.0 Å². The molecule has 6 aromatic carbocycles. The van der Waals surface area contributed by atoms with E-state index in [0.717, 1.165) is 61.4 Å². The van der Waals surface area contributed by atoms with Crippen molar-refractivity contribution in [3.8, 4) is 56.3 Å². The highest BCUT2D eigenvalue weighted by Crippen LogP contribution is 2.42. The molecule has 0 bridgehead atoms. The van der Waals surface area contributed by atoms with Crippen LogP contribution in [0.15, 0.2) is 164 Å². The van der Waals surface area contributed by atoms with Gasteiger partial charge in [-0.15, -0.1) is 11.3 Å². The van der Waals surface area contributed by atoms with Crippen LogP contribution < -0.4 is 0 Å². The Bertz CT molecular complexity index is 2500. The molecule has 9 aromatic rings. The predicted molar refractivity (Wildman–Crippen MR) is 197 cm³/mol. The van der Waals surface area contributed by atoms with Gasteiger partial charge < -0.3 is 0 Å². The number of pyridine rings is 1. The van der Waals surface area contributed by atoms with Crippen LogP contribution in [-0.2, 0) is 0 Å². The largest absolute Gasteiger partial charge is 0.248 e. The highest BCUT2D eigenvalue weighted by atomic mass is 32.1. The molecule has 0 aliphatic carbocycles. The zero-order chi connectivity index (χ0) is 31.2. The minimum atomic E-state index is 0.694. The van der Waals surface area contributed by atoms with Crippen LogP contribution in [0.25, 0.3) is 87.4 Å². The van der Waals surface area contributed by atoms with Crippen molar-refractivity contribution in [2.45, 2.75) is 0 Å². The zero-order valence-electron chi connectivity index (χ0n) is 25.3. The fraction of sp³-hybridized carbons (Fsp3) is 0. The number of thiophene rings is 1. The summed E-state index contributed by atoms with van der Waals surface area (Å²) < 4.78 is 2.51. The van der Waals surface area contributed by atoms with Gasteiger partial charge in [-0.3, -0.25) is 0 Å². The molecule has 0 saturated heterocycles. The Morgan fingerprint density at radius 1 is 0.362 bits per heavy atom. The van der Waals surface area contributed by atoms with E-state index in [9.17, 15) is 0 Å². The first-order valence-electron chi connectivity index (χ1n) is 15.7. The third kappa shape index (κ3) is 4.96. The summed E-state index contributed by atoms with van der Waals surface area (Å²) in [6, 6.07) is 57.1. The number of hydrogen-bond acceptors (Lipinski definition) is 4. The van der Waals surface area contributed by atoms with E-state index in [0.29, 0.717) is 5.82 Å². The average molecular weight is 618 g/mol. The number of rotatable bonds is 5. The fourth-order valence-corrected chi connectivity index (χ4v) is 7.54. The van der Waals surface area contributed by atoms with Crippen LogP contribution in [0.3, 0.4) is 0 Å². The molecule has 9 rings (SSSR count). The lowest BCUT2D eigenvalue weighted by Crippen LogP contribution is -1.96. The third-order valence-electron chi connectivity index (χ3n) is 8.67. The Labute approximate surface area is 276 Å². The Morgan fingerprint density at radius 2 is 0.979 bits per heavy atom. The van der Waals surface area contributed by atoms with E-state index < -0.39 is 0 Å². The second-order valence-electron chi connectivity index (χ2n) is 11.6. The number of nitrogens with zero attached hydrogens (tertiary/aromatic N) is 3. The average Bonchev–Trinajstić information content (AvgIpc) is 3.54. The van der Waals surface area contributed by atoms with Gasteiger partial charge in [0, 0.05) is 47.8 Å². The van der Waals surface area contributed by atoms with E-state index in [1.54, 1.807) is 0 Å². The summed E-state index contributed by atoms with van der Waals surface area (Å²) in [5.41, 5.74) is 10.1. The summed E-state index contributed by atoms with van der Waals surface area (Å²) in [5, 5.41) is 3.56. The minimum Gasteiger partial charge on any atom is -0.248 e. The molecule has 3 nitrogen and oxygen atoms in total. The molecule has 0 N–H and O–H groups in total.